The summed E-state index contributed by atoms with van der Waals surface area (Å²) in [5, 5.41) is 7.81. The Morgan fingerprint density at radius 1 is 1.14 bits per heavy atom. The molecular weight excluding hydrogens is 280 g/mol. The topological polar surface area (TPSA) is 59.1 Å². The van der Waals surface area contributed by atoms with E-state index in [9.17, 15) is 0 Å². The highest BCUT2D eigenvalue weighted by atomic mass is 32.2. The molecular formula is C17H20N2OS. The number of benzene rings is 2. The molecule has 0 saturated heterocycles. The molecule has 0 aliphatic carbocycles. The van der Waals surface area contributed by atoms with Crippen molar-refractivity contribution in [3.63, 3.8) is 0 Å². The van der Waals surface area contributed by atoms with E-state index in [0.29, 0.717) is 11.3 Å². The van der Waals surface area contributed by atoms with E-state index >= 15 is 0 Å². The van der Waals surface area contributed by atoms with Gasteiger partial charge in [0.05, 0.1) is 5.56 Å². The molecule has 0 saturated carbocycles. The van der Waals surface area contributed by atoms with Gasteiger partial charge >= 0.3 is 0 Å². The smallest absolute Gasteiger partial charge is 0.139 e. The fourth-order valence-corrected chi connectivity index (χ4v) is 2.89. The Morgan fingerprint density at radius 2 is 1.86 bits per heavy atom. The number of hydrogen-bond acceptors (Lipinski definition) is 3. The number of aryl methyl sites for hydroxylation is 2. The second-order valence-electron chi connectivity index (χ2n) is 5.05. The largest absolute Gasteiger partial charge is 0.456 e. The lowest BCUT2D eigenvalue weighted by molar-refractivity contribution is 0.475. The number of rotatable bonds is 4. The van der Waals surface area contributed by atoms with Crippen LogP contribution in [0.4, 0.5) is 0 Å². The second kappa shape index (κ2) is 6.22. The molecule has 0 fully saturated rings. The summed E-state index contributed by atoms with van der Waals surface area (Å²) in [6, 6.07) is 9.87. The van der Waals surface area contributed by atoms with Gasteiger partial charge in [0, 0.05) is 4.90 Å². The third-order valence-electron chi connectivity index (χ3n) is 3.46. The predicted octanol–water partition coefficient (Wildman–Crippen LogP) is 4.41. The summed E-state index contributed by atoms with van der Waals surface area (Å²) < 4.78 is 6.07. The molecule has 0 heterocycles. The maximum Gasteiger partial charge on any atom is 0.139 e. The maximum atomic E-state index is 7.81. The highest BCUT2D eigenvalue weighted by Gasteiger charge is 2.14. The van der Waals surface area contributed by atoms with E-state index < -0.39 is 0 Å². The average Bonchev–Trinajstić information content (AvgIpc) is 2.43. The highest BCUT2D eigenvalue weighted by Crippen LogP contribution is 2.34. The molecule has 3 N–H and O–H groups in total. The average molecular weight is 300 g/mol. The van der Waals surface area contributed by atoms with Crippen LogP contribution in [0.5, 0.6) is 11.5 Å². The molecule has 0 spiro atoms. The maximum absolute atomic E-state index is 7.81. The van der Waals surface area contributed by atoms with E-state index in [1.54, 1.807) is 11.8 Å². The van der Waals surface area contributed by atoms with E-state index in [4.69, 9.17) is 15.9 Å². The van der Waals surface area contributed by atoms with Crippen LogP contribution >= 0.6 is 11.8 Å². The Labute approximate surface area is 130 Å². The Kier molecular flexibility index (Phi) is 4.58. The van der Waals surface area contributed by atoms with E-state index in [-0.39, 0.29) is 5.84 Å². The van der Waals surface area contributed by atoms with Gasteiger partial charge in [-0.15, -0.1) is 11.8 Å². The summed E-state index contributed by atoms with van der Waals surface area (Å²) in [7, 11) is 0. The van der Waals surface area contributed by atoms with Crippen molar-refractivity contribution in [1.29, 1.82) is 5.41 Å². The standard InChI is InChI=1S/C17H20N2OS/c1-10-8-11(2)12(3)14(9-10)20-13-6-5-7-15(21-4)16(13)17(18)19/h5-9H,1-4H3,(H3,18,19). The Balaban J connectivity index is 2.52. The molecule has 0 amide bonds. The Hall–Kier alpha value is -1.94. The van der Waals surface area contributed by atoms with Crippen molar-refractivity contribution >= 4 is 17.6 Å². The molecule has 0 aliphatic rings. The quantitative estimate of drug-likeness (QED) is 0.499. The third kappa shape index (κ3) is 3.22. The molecule has 21 heavy (non-hydrogen) atoms. The minimum absolute atomic E-state index is 0.0250. The number of hydrogen-bond donors (Lipinski definition) is 2. The van der Waals surface area contributed by atoms with Crippen molar-refractivity contribution in [2.75, 3.05) is 6.26 Å². The van der Waals surface area contributed by atoms with Crippen LogP contribution in [0.15, 0.2) is 35.2 Å². The zero-order valence-corrected chi connectivity index (χ0v) is 13.6. The first-order chi connectivity index (χ1) is 9.93. The zero-order chi connectivity index (χ0) is 15.6. The summed E-state index contributed by atoms with van der Waals surface area (Å²) in [5.74, 6) is 1.47. The van der Waals surface area contributed by atoms with E-state index in [0.717, 1.165) is 21.8 Å². The normalized spacial score (nSPS) is 10.5. The number of ether oxygens (including phenoxy) is 1. The van der Waals surface area contributed by atoms with Gasteiger partial charge in [-0.3, -0.25) is 5.41 Å². The van der Waals surface area contributed by atoms with Gasteiger partial charge in [-0.25, -0.2) is 0 Å². The van der Waals surface area contributed by atoms with Crippen LogP contribution in [-0.2, 0) is 0 Å². The second-order valence-corrected chi connectivity index (χ2v) is 5.90. The number of nitrogens with one attached hydrogen (secondary N) is 1. The first-order valence-corrected chi connectivity index (χ1v) is 7.93. The summed E-state index contributed by atoms with van der Waals surface area (Å²) in [6.07, 6.45) is 1.97. The van der Waals surface area contributed by atoms with Gasteiger partial charge in [-0.1, -0.05) is 12.1 Å². The van der Waals surface area contributed by atoms with Crippen LogP contribution in [0.25, 0.3) is 0 Å². The highest BCUT2D eigenvalue weighted by molar-refractivity contribution is 7.98. The van der Waals surface area contributed by atoms with Crippen LogP contribution < -0.4 is 10.5 Å². The predicted molar refractivity (Wildman–Crippen MR) is 90.0 cm³/mol. The van der Waals surface area contributed by atoms with Crippen molar-refractivity contribution in [1.82, 2.24) is 0 Å². The first-order valence-electron chi connectivity index (χ1n) is 6.71. The van der Waals surface area contributed by atoms with Crippen LogP contribution in [0, 0.1) is 26.2 Å². The fourth-order valence-electron chi connectivity index (χ4n) is 2.26. The SMILES string of the molecule is CSc1cccc(Oc2cc(C)cc(C)c2C)c1C(=N)N. The molecule has 0 bridgehead atoms. The monoisotopic (exact) mass is 300 g/mol. The molecule has 2 rings (SSSR count). The molecule has 2 aromatic rings. The zero-order valence-electron chi connectivity index (χ0n) is 12.8. The van der Waals surface area contributed by atoms with Crippen molar-refractivity contribution in [2.45, 2.75) is 25.7 Å². The molecule has 110 valence electrons. The lowest BCUT2D eigenvalue weighted by Crippen LogP contribution is -2.13. The van der Waals surface area contributed by atoms with Crippen LogP contribution in [0.3, 0.4) is 0 Å². The molecule has 0 aliphatic heterocycles. The van der Waals surface area contributed by atoms with Crippen LogP contribution in [-0.4, -0.2) is 12.1 Å². The van der Waals surface area contributed by atoms with Crippen molar-refractivity contribution < 1.29 is 4.74 Å². The number of amidine groups is 1. The first kappa shape index (κ1) is 15.4. The molecule has 3 nitrogen and oxygen atoms in total. The summed E-state index contributed by atoms with van der Waals surface area (Å²) in [4.78, 5) is 0.946. The molecule has 4 heteroatoms. The summed E-state index contributed by atoms with van der Waals surface area (Å²) >= 11 is 1.56. The van der Waals surface area contributed by atoms with Gasteiger partial charge in [0.1, 0.15) is 17.3 Å². The van der Waals surface area contributed by atoms with Gasteiger partial charge in [0.2, 0.25) is 0 Å². The minimum Gasteiger partial charge on any atom is -0.456 e. The van der Waals surface area contributed by atoms with Crippen molar-refractivity contribution in [3.05, 3.63) is 52.6 Å². The van der Waals surface area contributed by atoms with Crippen molar-refractivity contribution in [2.24, 2.45) is 5.73 Å². The van der Waals surface area contributed by atoms with Gasteiger partial charge in [-0.2, -0.15) is 0 Å². The van der Waals surface area contributed by atoms with E-state index in [1.165, 1.54) is 5.56 Å². The van der Waals surface area contributed by atoms with Gasteiger partial charge < -0.3 is 10.5 Å². The van der Waals surface area contributed by atoms with Crippen LogP contribution in [0.2, 0.25) is 0 Å². The minimum atomic E-state index is 0.0250. The van der Waals surface area contributed by atoms with Crippen molar-refractivity contribution in [3.8, 4) is 11.5 Å². The molecule has 0 atom stereocenters. The van der Waals surface area contributed by atoms with E-state index in [1.807, 2.05) is 44.4 Å². The Morgan fingerprint density at radius 3 is 2.48 bits per heavy atom. The molecule has 0 radical (unpaired) electrons. The lowest BCUT2D eigenvalue weighted by atomic mass is 10.1. The summed E-state index contributed by atoms with van der Waals surface area (Å²) in [6.45, 7) is 6.15. The number of nitrogen functional groups attached to an aromatic ring is 1. The molecule has 0 unspecified atom stereocenters. The number of thioether (sulfide) groups is 1. The molecule has 0 aromatic heterocycles. The lowest BCUT2D eigenvalue weighted by Gasteiger charge is -2.16. The van der Waals surface area contributed by atoms with Crippen LogP contribution in [0.1, 0.15) is 22.3 Å². The number of nitrogens with two attached hydrogens (primary N) is 1. The third-order valence-corrected chi connectivity index (χ3v) is 4.24. The van der Waals surface area contributed by atoms with E-state index in [2.05, 4.69) is 13.0 Å². The molecule has 2 aromatic carbocycles. The van der Waals surface area contributed by atoms with Gasteiger partial charge in [-0.05, 0) is 61.9 Å². The van der Waals surface area contributed by atoms with Gasteiger partial charge in [0.25, 0.3) is 0 Å². The Bertz CT molecular complexity index is 695. The summed E-state index contributed by atoms with van der Waals surface area (Å²) in [5.41, 5.74) is 9.83. The fraction of sp³-hybridized carbons (Fsp3) is 0.235. The van der Waals surface area contributed by atoms with Gasteiger partial charge in [0.15, 0.2) is 0 Å².